The van der Waals surface area contributed by atoms with E-state index >= 15 is 0 Å². The van der Waals surface area contributed by atoms with E-state index in [0.717, 1.165) is 30.7 Å². The molecule has 0 radical (unpaired) electrons. The Morgan fingerprint density at radius 1 is 1.05 bits per heavy atom. The summed E-state index contributed by atoms with van der Waals surface area (Å²) in [6.45, 7) is 6.25. The third-order valence-corrected chi connectivity index (χ3v) is 5.24. The minimum atomic E-state index is 0.430. The van der Waals surface area contributed by atoms with Crippen LogP contribution in [0, 0.1) is 25.7 Å². The molecule has 0 heterocycles. The van der Waals surface area contributed by atoms with Gasteiger partial charge in [0.25, 0.3) is 0 Å². The topological polar surface area (TPSA) is 47.3 Å². The van der Waals surface area contributed by atoms with Crippen LogP contribution in [0.3, 0.4) is 0 Å². The smallest absolute Gasteiger partial charge is 0.127 e. The van der Waals surface area contributed by atoms with Crippen molar-refractivity contribution in [1.82, 2.24) is 0 Å². The molecule has 3 heteroatoms. The van der Waals surface area contributed by atoms with Gasteiger partial charge in [0, 0.05) is 23.8 Å². The number of benzene rings is 1. The Labute approximate surface area is 134 Å². The summed E-state index contributed by atoms with van der Waals surface area (Å²) in [6.07, 6.45) is 7.53. The van der Waals surface area contributed by atoms with E-state index in [9.17, 15) is 0 Å². The van der Waals surface area contributed by atoms with E-state index in [2.05, 4.69) is 31.3 Å². The second-order valence-corrected chi connectivity index (χ2v) is 7.30. The van der Waals surface area contributed by atoms with Gasteiger partial charge in [0.1, 0.15) is 5.75 Å². The number of anilines is 1. The van der Waals surface area contributed by atoms with Gasteiger partial charge in [-0.3, -0.25) is 0 Å². The van der Waals surface area contributed by atoms with Gasteiger partial charge in [0.2, 0.25) is 0 Å². The van der Waals surface area contributed by atoms with Crippen molar-refractivity contribution in [2.45, 2.75) is 58.4 Å². The standard InChI is InChI=1S/C19H30N2O/c1-13-3-10-18(14(2)19(13)22-12-16-4-5-16)21-11-15-6-8-17(20)9-7-15/h3,10,15-17,21H,4-9,11-12,20H2,1-2H3. The first-order valence-electron chi connectivity index (χ1n) is 8.86. The van der Waals surface area contributed by atoms with Gasteiger partial charge in [-0.15, -0.1) is 0 Å². The molecule has 0 aromatic heterocycles. The molecule has 3 nitrogen and oxygen atoms in total. The highest BCUT2D eigenvalue weighted by atomic mass is 16.5. The third-order valence-electron chi connectivity index (χ3n) is 5.24. The van der Waals surface area contributed by atoms with Crippen LogP contribution in [0.25, 0.3) is 0 Å². The molecule has 122 valence electrons. The molecule has 2 saturated carbocycles. The molecule has 0 spiro atoms. The molecular weight excluding hydrogens is 272 g/mol. The zero-order chi connectivity index (χ0) is 15.5. The number of nitrogens with two attached hydrogens (primary N) is 1. The molecule has 2 aliphatic carbocycles. The lowest BCUT2D eigenvalue weighted by atomic mass is 9.86. The summed E-state index contributed by atoms with van der Waals surface area (Å²) >= 11 is 0. The van der Waals surface area contributed by atoms with E-state index in [-0.39, 0.29) is 0 Å². The Morgan fingerprint density at radius 2 is 1.73 bits per heavy atom. The quantitative estimate of drug-likeness (QED) is 0.834. The van der Waals surface area contributed by atoms with Crippen molar-refractivity contribution >= 4 is 5.69 Å². The molecular formula is C19H30N2O. The number of nitrogens with one attached hydrogen (secondary N) is 1. The molecule has 0 atom stereocenters. The van der Waals surface area contributed by atoms with Crippen molar-refractivity contribution in [1.29, 1.82) is 0 Å². The molecule has 0 aliphatic heterocycles. The summed E-state index contributed by atoms with van der Waals surface area (Å²) in [6, 6.07) is 4.80. The molecule has 3 rings (SSSR count). The van der Waals surface area contributed by atoms with Gasteiger partial charge >= 0.3 is 0 Å². The fourth-order valence-corrected chi connectivity index (χ4v) is 3.37. The van der Waals surface area contributed by atoms with Crippen molar-refractivity contribution in [3.63, 3.8) is 0 Å². The van der Waals surface area contributed by atoms with Crippen LogP contribution in [0.15, 0.2) is 12.1 Å². The highest BCUT2D eigenvalue weighted by Gasteiger charge is 2.23. The Morgan fingerprint density at radius 3 is 2.41 bits per heavy atom. The molecule has 0 unspecified atom stereocenters. The van der Waals surface area contributed by atoms with Gasteiger partial charge in [0.05, 0.1) is 6.61 Å². The molecule has 0 amide bonds. The monoisotopic (exact) mass is 302 g/mol. The normalized spacial score (nSPS) is 25.0. The third kappa shape index (κ3) is 3.95. The number of rotatable bonds is 6. The van der Waals surface area contributed by atoms with Gasteiger partial charge in [0.15, 0.2) is 0 Å². The zero-order valence-corrected chi connectivity index (χ0v) is 14.0. The minimum Gasteiger partial charge on any atom is -0.493 e. The Hall–Kier alpha value is -1.22. The number of hydrogen-bond donors (Lipinski definition) is 2. The van der Waals surface area contributed by atoms with Crippen LogP contribution in [0.2, 0.25) is 0 Å². The lowest BCUT2D eigenvalue weighted by Crippen LogP contribution is -2.29. The Kier molecular flexibility index (Phi) is 4.92. The zero-order valence-electron chi connectivity index (χ0n) is 14.0. The fraction of sp³-hybridized carbons (Fsp3) is 0.684. The lowest BCUT2D eigenvalue weighted by Gasteiger charge is -2.27. The van der Waals surface area contributed by atoms with Crippen molar-refractivity contribution in [3.05, 3.63) is 23.3 Å². The van der Waals surface area contributed by atoms with Crippen molar-refractivity contribution in [3.8, 4) is 5.75 Å². The van der Waals surface area contributed by atoms with Gasteiger partial charge < -0.3 is 15.8 Å². The highest BCUT2D eigenvalue weighted by Crippen LogP contribution is 2.34. The Bertz CT molecular complexity index is 502. The van der Waals surface area contributed by atoms with Crippen LogP contribution in [-0.2, 0) is 0 Å². The van der Waals surface area contributed by atoms with Gasteiger partial charge in [-0.05, 0) is 75.8 Å². The van der Waals surface area contributed by atoms with E-state index in [1.165, 1.54) is 55.3 Å². The van der Waals surface area contributed by atoms with Crippen LogP contribution in [-0.4, -0.2) is 19.2 Å². The van der Waals surface area contributed by atoms with Crippen LogP contribution in [0.1, 0.15) is 49.7 Å². The SMILES string of the molecule is Cc1ccc(NCC2CCC(N)CC2)c(C)c1OCC1CC1. The maximum absolute atomic E-state index is 6.08. The summed E-state index contributed by atoms with van der Waals surface area (Å²) in [4.78, 5) is 0. The average Bonchev–Trinajstić information content (AvgIpc) is 3.32. The molecule has 0 saturated heterocycles. The molecule has 2 aliphatic rings. The van der Waals surface area contributed by atoms with Crippen molar-refractivity contribution < 1.29 is 4.74 Å². The average molecular weight is 302 g/mol. The first-order valence-corrected chi connectivity index (χ1v) is 8.86. The van der Waals surface area contributed by atoms with Gasteiger partial charge in [-0.2, -0.15) is 0 Å². The second kappa shape index (κ2) is 6.91. The van der Waals surface area contributed by atoms with E-state index in [4.69, 9.17) is 10.5 Å². The van der Waals surface area contributed by atoms with Crippen LogP contribution in [0.5, 0.6) is 5.75 Å². The van der Waals surface area contributed by atoms with E-state index < -0.39 is 0 Å². The summed E-state index contributed by atoms with van der Waals surface area (Å²) in [7, 11) is 0. The van der Waals surface area contributed by atoms with Crippen LogP contribution < -0.4 is 15.8 Å². The predicted octanol–water partition coefficient (Wildman–Crippen LogP) is 4.02. The Balaban J connectivity index is 1.59. The van der Waals surface area contributed by atoms with Crippen molar-refractivity contribution in [2.24, 2.45) is 17.6 Å². The maximum Gasteiger partial charge on any atom is 0.127 e. The van der Waals surface area contributed by atoms with Gasteiger partial charge in [-0.25, -0.2) is 0 Å². The molecule has 3 N–H and O–H groups in total. The van der Waals surface area contributed by atoms with E-state index in [1.807, 2.05) is 0 Å². The minimum absolute atomic E-state index is 0.430. The number of hydrogen-bond acceptors (Lipinski definition) is 3. The summed E-state index contributed by atoms with van der Waals surface area (Å²) in [5.74, 6) is 2.64. The van der Waals surface area contributed by atoms with E-state index in [0.29, 0.717) is 6.04 Å². The first-order chi connectivity index (χ1) is 10.6. The van der Waals surface area contributed by atoms with Crippen LogP contribution in [0.4, 0.5) is 5.69 Å². The van der Waals surface area contributed by atoms with Crippen molar-refractivity contribution in [2.75, 3.05) is 18.5 Å². The van der Waals surface area contributed by atoms with Crippen LogP contribution >= 0.6 is 0 Å². The lowest BCUT2D eigenvalue weighted by molar-refractivity contribution is 0.296. The van der Waals surface area contributed by atoms with E-state index in [1.54, 1.807) is 0 Å². The number of aryl methyl sites for hydroxylation is 1. The highest BCUT2D eigenvalue weighted by molar-refractivity contribution is 5.59. The number of ether oxygens (including phenoxy) is 1. The molecule has 0 bridgehead atoms. The summed E-state index contributed by atoms with van der Waals surface area (Å²) in [5.41, 5.74) is 9.72. The molecule has 1 aromatic carbocycles. The molecule has 1 aromatic rings. The predicted molar refractivity (Wildman–Crippen MR) is 92.6 cm³/mol. The first kappa shape index (κ1) is 15.7. The molecule has 2 fully saturated rings. The largest absolute Gasteiger partial charge is 0.493 e. The molecule has 22 heavy (non-hydrogen) atoms. The summed E-state index contributed by atoms with van der Waals surface area (Å²) in [5, 5.41) is 3.65. The maximum atomic E-state index is 6.08. The fourth-order valence-electron chi connectivity index (χ4n) is 3.37. The van der Waals surface area contributed by atoms with Gasteiger partial charge in [-0.1, -0.05) is 6.07 Å². The summed E-state index contributed by atoms with van der Waals surface area (Å²) < 4.78 is 6.08. The second-order valence-electron chi connectivity index (χ2n) is 7.30.